The van der Waals surface area contributed by atoms with Crippen LogP contribution >= 0.6 is 34.8 Å². The first-order valence-corrected chi connectivity index (χ1v) is 10.3. The van der Waals surface area contributed by atoms with Gasteiger partial charge in [-0.1, -0.05) is 40.9 Å². The molecule has 10 heteroatoms. The highest BCUT2D eigenvalue weighted by Gasteiger charge is 2.23. The van der Waals surface area contributed by atoms with Gasteiger partial charge in [-0.15, -0.1) is 0 Å². The van der Waals surface area contributed by atoms with Crippen molar-refractivity contribution >= 4 is 50.8 Å². The lowest BCUT2D eigenvalue weighted by molar-refractivity contribution is -0.145. The second kappa shape index (κ2) is 9.61. The van der Waals surface area contributed by atoms with E-state index in [1.807, 2.05) is 0 Å². The monoisotopic (exact) mass is 451 g/mol. The summed E-state index contributed by atoms with van der Waals surface area (Å²) < 4.78 is 37.2. The van der Waals surface area contributed by atoms with E-state index in [1.165, 1.54) is 25.1 Å². The maximum atomic E-state index is 12.3. The smallest absolute Gasteiger partial charge is 0.324 e. The molecule has 0 heterocycles. The Morgan fingerprint density at radius 2 is 1.81 bits per heavy atom. The molecular weight excluding hydrogens is 437 g/mol. The van der Waals surface area contributed by atoms with Crippen LogP contribution in [-0.4, -0.2) is 33.6 Å². The molecule has 146 valence electrons. The molecule has 27 heavy (non-hydrogen) atoms. The van der Waals surface area contributed by atoms with Crippen molar-refractivity contribution in [1.29, 1.82) is 0 Å². The lowest BCUT2D eigenvalue weighted by Crippen LogP contribution is -2.39. The van der Waals surface area contributed by atoms with Gasteiger partial charge in [0.25, 0.3) is 0 Å². The van der Waals surface area contributed by atoms with Gasteiger partial charge in [-0.2, -0.15) is 4.72 Å². The maximum Gasteiger partial charge on any atom is 0.324 e. The van der Waals surface area contributed by atoms with Gasteiger partial charge in [0.2, 0.25) is 10.0 Å². The average Bonchev–Trinajstić information content (AvgIpc) is 2.60. The van der Waals surface area contributed by atoms with Crippen LogP contribution in [0.15, 0.2) is 47.4 Å². The van der Waals surface area contributed by atoms with Gasteiger partial charge in [0.05, 0.1) is 14.9 Å². The van der Waals surface area contributed by atoms with Crippen LogP contribution < -0.4 is 9.46 Å². The fraction of sp³-hybridized carbons (Fsp3) is 0.235. The molecule has 1 N–H and O–H groups in total. The van der Waals surface area contributed by atoms with Gasteiger partial charge in [0, 0.05) is 5.02 Å². The van der Waals surface area contributed by atoms with E-state index in [-0.39, 0.29) is 28.2 Å². The fourth-order valence-corrected chi connectivity index (χ4v) is 3.74. The van der Waals surface area contributed by atoms with E-state index in [0.29, 0.717) is 10.8 Å². The van der Waals surface area contributed by atoms with Crippen molar-refractivity contribution in [3.8, 4) is 5.75 Å². The average molecular weight is 453 g/mol. The van der Waals surface area contributed by atoms with Gasteiger partial charge in [-0.05, 0) is 43.3 Å². The number of ether oxygens (including phenoxy) is 2. The Morgan fingerprint density at radius 1 is 1.07 bits per heavy atom. The number of carbonyl (C=O) groups excluding carboxylic acids is 1. The summed E-state index contributed by atoms with van der Waals surface area (Å²) >= 11 is 17.4. The van der Waals surface area contributed by atoms with Crippen molar-refractivity contribution in [1.82, 2.24) is 4.72 Å². The van der Waals surface area contributed by atoms with Gasteiger partial charge in [0.15, 0.2) is 0 Å². The minimum Gasteiger partial charge on any atom is -0.490 e. The minimum absolute atomic E-state index is 0.0514. The topological polar surface area (TPSA) is 81.7 Å². The van der Waals surface area contributed by atoms with Crippen molar-refractivity contribution < 1.29 is 22.7 Å². The Bertz CT molecular complexity index is 921. The molecule has 2 aromatic carbocycles. The van der Waals surface area contributed by atoms with Crippen LogP contribution in [0.4, 0.5) is 0 Å². The third-order valence-electron chi connectivity index (χ3n) is 3.28. The van der Waals surface area contributed by atoms with E-state index >= 15 is 0 Å². The molecule has 0 bridgehead atoms. The molecule has 0 aliphatic heterocycles. The quantitative estimate of drug-likeness (QED) is 0.485. The summed E-state index contributed by atoms with van der Waals surface area (Å²) in [6.07, 6.45) is 0. The molecule has 0 aliphatic rings. The Morgan fingerprint density at radius 3 is 2.48 bits per heavy atom. The first-order valence-electron chi connectivity index (χ1n) is 7.71. The summed E-state index contributed by atoms with van der Waals surface area (Å²) in [4.78, 5) is 11.9. The number of rotatable bonds is 8. The summed E-state index contributed by atoms with van der Waals surface area (Å²) in [5.41, 5.74) is 0. The fourth-order valence-electron chi connectivity index (χ4n) is 1.98. The Labute approximate surface area is 172 Å². The summed E-state index contributed by atoms with van der Waals surface area (Å²) in [6.45, 7) is 1.41. The molecule has 0 spiro atoms. The highest BCUT2D eigenvalue weighted by atomic mass is 35.5. The number of benzene rings is 2. The summed E-state index contributed by atoms with van der Waals surface area (Å²) in [6, 6.07) is 9.50. The van der Waals surface area contributed by atoms with E-state index in [9.17, 15) is 13.2 Å². The third-order valence-corrected chi connectivity index (χ3v) is 5.79. The summed E-state index contributed by atoms with van der Waals surface area (Å²) in [5.74, 6) is -0.208. The minimum atomic E-state index is -3.96. The number of hydrogen-bond donors (Lipinski definition) is 1. The number of hydrogen-bond acceptors (Lipinski definition) is 5. The van der Waals surface area contributed by atoms with Gasteiger partial charge in [-0.3, -0.25) is 4.79 Å². The molecule has 0 saturated carbocycles. The Hall–Kier alpha value is -1.51. The number of carbonyl (C=O) groups is 1. The second-order valence-electron chi connectivity index (χ2n) is 5.39. The second-order valence-corrected chi connectivity index (χ2v) is 8.36. The maximum absolute atomic E-state index is 12.3. The van der Waals surface area contributed by atoms with Crippen LogP contribution in [0.25, 0.3) is 0 Å². The standard InChI is InChI=1S/C17H16Cl3NO5S/c1-11(21-27(23,24)14-5-6-15(19)16(20)10-14)17(22)26-8-7-25-13-4-2-3-12(18)9-13/h2-6,9-11,21H,7-8H2,1H3/t11-/m0/s1. The SMILES string of the molecule is C[C@H](NS(=O)(=O)c1ccc(Cl)c(Cl)c1)C(=O)OCCOc1cccc(Cl)c1. The van der Waals surface area contributed by atoms with Gasteiger partial charge < -0.3 is 9.47 Å². The summed E-state index contributed by atoms with van der Waals surface area (Å²) in [5, 5.41) is 0.838. The molecular formula is C17H16Cl3NO5S. The van der Waals surface area contributed by atoms with Crippen molar-refractivity contribution in [2.75, 3.05) is 13.2 Å². The molecule has 2 rings (SSSR count). The van der Waals surface area contributed by atoms with Crippen LogP contribution in [0.5, 0.6) is 5.75 Å². The molecule has 0 saturated heterocycles. The van der Waals surface area contributed by atoms with Crippen LogP contribution in [0, 0.1) is 0 Å². The van der Waals surface area contributed by atoms with Crippen LogP contribution in [0.2, 0.25) is 15.1 Å². The first-order chi connectivity index (χ1) is 12.7. The number of nitrogens with one attached hydrogen (secondary N) is 1. The van der Waals surface area contributed by atoms with Crippen molar-refractivity contribution in [3.63, 3.8) is 0 Å². The molecule has 6 nitrogen and oxygen atoms in total. The van der Waals surface area contributed by atoms with E-state index in [4.69, 9.17) is 44.3 Å². The number of esters is 1. The highest BCUT2D eigenvalue weighted by molar-refractivity contribution is 7.89. The normalized spacial score (nSPS) is 12.4. The van der Waals surface area contributed by atoms with Crippen LogP contribution in [-0.2, 0) is 19.6 Å². The largest absolute Gasteiger partial charge is 0.490 e. The molecule has 0 aromatic heterocycles. The van der Waals surface area contributed by atoms with Gasteiger partial charge in [-0.25, -0.2) is 8.42 Å². The van der Waals surface area contributed by atoms with Crippen molar-refractivity contribution in [2.24, 2.45) is 0 Å². The zero-order valence-corrected chi connectivity index (χ0v) is 17.2. The highest BCUT2D eigenvalue weighted by Crippen LogP contribution is 2.24. The molecule has 0 radical (unpaired) electrons. The van der Waals surface area contributed by atoms with Crippen molar-refractivity contribution in [2.45, 2.75) is 17.9 Å². The van der Waals surface area contributed by atoms with Crippen LogP contribution in [0.1, 0.15) is 6.92 Å². The zero-order valence-electron chi connectivity index (χ0n) is 14.1. The Balaban J connectivity index is 1.84. The Kier molecular flexibility index (Phi) is 7.76. The molecule has 1 atom stereocenters. The zero-order chi connectivity index (χ0) is 20.0. The van der Waals surface area contributed by atoms with E-state index in [2.05, 4.69) is 4.72 Å². The predicted molar refractivity (Wildman–Crippen MR) is 104 cm³/mol. The van der Waals surface area contributed by atoms with E-state index in [0.717, 1.165) is 0 Å². The number of sulfonamides is 1. The molecule has 0 amide bonds. The van der Waals surface area contributed by atoms with Gasteiger partial charge >= 0.3 is 5.97 Å². The lowest BCUT2D eigenvalue weighted by Gasteiger charge is -2.14. The first kappa shape index (κ1) is 21.8. The molecule has 0 unspecified atom stereocenters. The van der Waals surface area contributed by atoms with Crippen molar-refractivity contribution in [3.05, 3.63) is 57.5 Å². The lowest BCUT2D eigenvalue weighted by atomic mass is 10.3. The number of halogens is 3. The van der Waals surface area contributed by atoms with Crippen LogP contribution in [0.3, 0.4) is 0 Å². The van der Waals surface area contributed by atoms with Gasteiger partial charge in [0.1, 0.15) is 25.0 Å². The summed E-state index contributed by atoms with van der Waals surface area (Å²) in [7, 11) is -3.96. The molecule has 2 aromatic rings. The third kappa shape index (κ3) is 6.55. The van der Waals surface area contributed by atoms with E-state index in [1.54, 1.807) is 24.3 Å². The van der Waals surface area contributed by atoms with E-state index < -0.39 is 22.0 Å². The predicted octanol–water partition coefficient (Wildman–Crippen LogP) is 3.94. The molecule has 0 aliphatic carbocycles. The molecule has 0 fully saturated rings.